The minimum absolute atomic E-state index is 0.162. The maximum absolute atomic E-state index is 13.7. The molecule has 3 aromatic carbocycles. The van der Waals surface area contributed by atoms with Gasteiger partial charge in [-0.05, 0) is 73.6 Å². The van der Waals surface area contributed by atoms with Gasteiger partial charge in [0.15, 0.2) is 10.8 Å². The van der Waals surface area contributed by atoms with E-state index in [2.05, 4.69) is 29.7 Å². The number of hydrogen-bond donors (Lipinski definition) is 2. The van der Waals surface area contributed by atoms with Crippen molar-refractivity contribution in [3.63, 3.8) is 0 Å². The Morgan fingerprint density at radius 3 is 2.52 bits per heavy atom. The monoisotopic (exact) mass is 477 g/mol. The van der Waals surface area contributed by atoms with Crippen LogP contribution in [0.15, 0.2) is 72.8 Å². The highest BCUT2D eigenvalue weighted by atomic mass is 35.5. The van der Waals surface area contributed by atoms with Crippen molar-refractivity contribution >= 4 is 46.2 Å². The van der Waals surface area contributed by atoms with Gasteiger partial charge in [0.2, 0.25) is 5.91 Å². The van der Waals surface area contributed by atoms with Crippen LogP contribution in [0.1, 0.15) is 31.0 Å². The number of amides is 1. The van der Waals surface area contributed by atoms with Crippen molar-refractivity contribution in [3.05, 3.63) is 88.9 Å². The fourth-order valence-electron chi connectivity index (χ4n) is 4.75. The van der Waals surface area contributed by atoms with Crippen molar-refractivity contribution in [1.82, 2.24) is 5.32 Å². The molecule has 1 fully saturated rings. The van der Waals surface area contributed by atoms with Crippen LogP contribution in [0.2, 0.25) is 5.02 Å². The van der Waals surface area contributed by atoms with Crippen LogP contribution in [-0.4, -0.2) is 16.7 Å². The molecule has 0 spiro atoms. The molecule has 1 saturated heterocycles. The summed E-state index contributed by atoms with van der Waals surface area (Å²) in [6.07, 6.45) is 0.943. The number of aryl methyl sites for hydroxylation is 1. The van der Waals surface area contributed by atoms with Crippen LogP contribution >= 0.6 is 23.8 Å². The van der Waals surface area contributed by atoms with Crippen molar-refractivity contribution in [2.45, 2.75) is 32.0 Å². The van der Waals surface area contributed by atoms with Crippen LogP contribution in [0.5, 0.6) is 5.75 Å². The lowest BCUT2D eigenvalue weighted by molar-refractivity contribution is -0.130. The molecule has 2 aliphatic rings. The van der Waals surface area contributed by atoms with Gasteiger partial charge in [-0.3, -0.25) is 9.69 Å². The van der Waals surface area contributed by atoms with Crippen LogP contribution in [0.3, 0.4) is 0 Å². The molecule has 2 heterocycles. The molecule has 7 heteroatoms. The van der Waals surface area contributed by atoms with Crippen molar-refractivity contribution in [3.8, 4) is 5.75 Å². The lowest BCUT2D eigenvalue weighted by Gasteiger charge is -2.56. The fourth-order valence-corrected chi connectivity index (χ4v) is 5.29. The number of benzene rings is 3. The predicted octanol–water partition coefficient (Wildman–Crippen LogP) is 5.70. The third-order valence-corrected chi connectivity index (χ3v) is 6.96. The first-order valence-corrected chi connectivity index (χ1v) is 11.7. The Morgan fingerprint density at radius 1 is 1.12 bits per heavy atom. The summed E-state index contributed by atoms with van der Waals surface area (Å²) in [5.41, 5.74) is 2.64. The zero-order chi connectivity index (χ0) is 23.2. The number of anilines is 2. The van der Waals surface area contributed by atoms with Crippen LogP contribution in [0.4, 0.5) is 11.4 Å². The second kappa shape index (κ2) is 8.36. The van der Waals surface area contributed by atoms with Crippen LogP contribution in [0, 0.1) is 5.92 Å². The second-order valence-electron chi connectivity index (χ2n) is 8.45. The van der Waals surface area contributed by atoms with E-state index in [1.807, 2.05) is 48.2 Å². The van der Waals surface area contributed by atoms with Crippen molar-refractivity contribution in [2.75, 3.05) is 10.2 Å². The maximum atomic E-state index is 13.7. The smallest absolute Gasteiger partial charge is 0.236 e. The highest BCUT2D eigenvalue weighted by Crippen LogP contribution is 2.49. The van der Waals surface area contributed by atoms with E-state index < -0.39 is 11.6 Å². The number of carbonyl (C=O) groups is 1. The van der Waals surface area contributed by atoms with E-state index in [9.17, 15) is 4.79 Å². The molecule has 3 aromatic rings. The summed E-state index contributed by atoms with van der Waals surface area (Å²) in [5, 5.41) is 7.61. The number of para-hydroxylation sites is 1. The van der Waals surface area contributed by atoms with E-state index in [0.29, 0.717) is 15.8 Å². The van der Waals surface area contributed by atoms with E-state index in [4.69, 9.17) is 28.6 Å². The van der Waals surface area contributed by atoms with Crippen molar-refractivity contribution in [2.24, 2.45) is 5.92 Å². The van der Waals surface area contributed by atoms with E-state index in [1.165, 1.54) is 5.56 Å². The molecule has 0 aromatic heterocycles. The normalized spacial score (nSPS) is 23.2. The second-order valence-corrected chi connectivity index (χ2v) is 9.27. The molecular weight excluding hydrogens is 454 g/mol. The molecule has 0 aliphatic carbocycles. The Balaban J connectivity index is 1.59. The van der Waals surface area contributed by atoms with Gasteiger partial charge in [0, 0.05) is 22.0 Å². The van der Waals surface area contributed by atoms with Gasteiger partial charge in [-0.1, -0.05) is 48.9 Å². The van der Waals surface area contributed by atoms with Gasteiger partial charge >= 0.3 is 0 Å². The Morgan fingerprint density at radius 2 is 1.82 bits per heavy atom. The third-order valence-electron chi connectivity index (χ3n) is 6.40. The molecule has 2 bridgehead atoms. The van der Waals surface area contributed by atoms with Crippen LogP contribution in [-0.2, 0) is 11.2 Å². The first kappa shape index (κ1) is 21.7. The van der Waals surface area contributed by atoms with Gasteiger partial charge in [0.25, 0.3) is 0 Å². The number of halogens is 1. The van der Waals surface area contributed by atoms with E-state index in [0.717, 1.165) is 23.4 Å². The molecule has 3 atom stereocenters. The van der Waals surface area contributed by atoms with Crippen molar-refractivity contribution in [1.29, 1.82) is 0 Å². The van der Waals surface area contributed by atoms with Crippen LogP contribution < -0.4 is 20.3 Å². The summed E-state index contributed by atoms with van der Waals surface area (Å²) in [6, 6.07) is 22.7. The number of fused-ring (bicyclic) bond motifs is 4. The molecule has 0 unspecified atom stereocenters. The average Bonchev–Trinajstić information content (AvgIpc) is 2.80. The summed E-state index contributed by atoms with van der Waals surface area (Å²) >= 11 is 11.8. The maximum Gasteiger partial charge on any atom is 0.236 e. The molecular formula is C26H24ClN3O2S. The SMILES string of the molecule is CCc1ccc(N2C(=S)N[C@@H]3c4ccccc4O[C@]2(C)[C@@H]3C(=O)Nc2ccc(Cl)cc2)cc1. The van der Waals surface area contributed by atoms with Gasteiger partial charge in [-0.25, -0.2) is 0 Å². The molecule has 33 heavy (non-hydrogen) atoms. The van der Waals surface area contributed by atoms with Gasteiger partial charge in [-0.2, -0.15) is 0 Å². The molecule has 0 saturated carbocycles. The number of hydrogen-bond acceptors (Lipinski definition) is 3. The van der Waals surface area contributed by atoms with Crippen LogP contribution in [0.25, 0.3) is 0 Å². The number of nitrogens with one attached hydrogen (secondary N) is 2. The Kier molecular flexibility index (Phi) is 5.51. The largest absolute Gasteiger partial charge is 0.467 e. The molecule has 1 amide bonds. The summed E-state index contributed by atoms with van der Waals surface area (Å²) in [6.45, 7) is 4.05. The third kappa shape index (κ3) is 3.73. The number of nitrogens with zero attached hydrogens (tertiary/aromatic N) is 1. The van der Waals surface area contributed by atoms with Gasteiger partial charge in [0.1, 0.15) is 11.7 Å². The number of carbonyl (C=O) groups excluding carboxylic acids is 1. The summed E-state index contributed by atoms with van der Waals surface area (Å²) in [5.74, 6) is -0.00384. The lowest BCUT2D eigenvalue weighted by atomic mass is 9.78. The van der Waals surface area contributed by atoms with E-state index in [-0.39, 0.29) is 11.9 Å². The Bertz CT molecular complexity index is 1210. The average molecular weight is 478 g/mol. The minimum atomic E-state index is -1.04. The molecule has 2 aliphatic heterocycles. The number of rotatable bonds is 4. The predicted molar refractivity (Wildman–Crippen MR) is 136 cm³/mol. The number of thiocarbonyl (C=S) groups is 1. The molecule has 168 valence electrons. The van der Waals surface area contributed by atoms with Gasteiger partial charge in [-0.15, -0.1) is 0 Å². The summed E-state index contributed by atoms with van der Waals surface area (Å²) < 4.78 is 6.59. The molecule has 5 nitrogen and oxygen atoms in total. The van der Waals surface area contributed by atoms with Crippen molar-refractivity contribution < 1.29 is 9.53 Å². The molecule has 2 N–H and O–H groups in total. The standard InChI is InChI=1S/C26H24ClN3O2S/c1-3-16-8-14-19(15-9-16)30-25(33)29-23-20-6-4-5-7-21(20)32-26(30,2)22(23)24(31)28-18-12-10-17(27)11-13-18/h4-15,22-23H,3H2,1-2H3,(H,28,31)(H,29,33)/t22-,23+,26+/m0/s1. The lowest BCUT2D eigenvalue weighted by Crippen LogP contribution is -2.72. The van der Waals surface area contributed by atoms with Gasteiger partial charge < -0.3 is 15.4 Å². The van der Waals surface area contributed by atoms with E-state index >= 15 is 0 Å². The summed E-state index contributed by atoms with van der Waals surface area (Å²) in [4.78, 5) is 15.6. The highest BCUT2D eigenvalue weighted by molar-refractivity contribution is 7.80. The topological polar surface area (TPSA) is 53.6 Å². The first-order chi connectivity index (χ1) is 15.9. The van der Waals surface area contributed by atoms with E-state index in [1.54, 1.807) is 24.3 Å². The highest BCUT2D eigenvalue weighted by Gasteiger charge is 2.59. The molecule has 0 radical (unpaired) electrons. The Labute approximate surface area is 203 Å². The number of ether oxygens (including phenoxy) is 1. The minimum Gasteiger partial charge on any atom is -0.467 e. The fraction of sp³-hybridized carbons (Fsp3) is 0.231. The van der Waals surface area contributed by atoms with Gasteiger partial charge in [0.05, 0.1) is 6.04 Å². The Hall–Kier alpha value is -3.09. The zero-order valence-electron chi connectivity index (χ0n) is 18.3. The first-order valence-electron chi connectivity index (χ1n) is 10.9. The summed E-state index contributed by atoms with van der Waals surface area (Å²) in [7, 11) is 0. The molecule has 5 rings (SSSR count). The zero-order valence-corrected chi connectivity index (χ0v) is 19.9. The quantitative estimate of drug-likeness (QED) is 0.472.